The number of nitrogens with zero attached hydrogens (tertiary/aromatic N) is 2. The average molecular weight is 325 g/mol. The Balaban J connectivity index is 2.75. The van der Waals surface area contributed by atoms with Gasteiger partial charge in [-0.2, -0.15) is 5.26 Å². The molecule has 0 aliphatic carbocycles. The molecule has 0 fully saturated rings. The van der Waals surface area contributed by atoms with Crippen molar-refractivity contribution in [2.45, 2.75) is 25.9 Å². The molecule has 0 bridgehead atoms. The number of carbonyl (C=O) groups is 1. The molecule has 1 unspecified atom stereocenters. The van der Waals surface area contributed by atoms with E-state index in [0.29, 0.717) is 11.6 Å². The maximum absolute atomic E-state index is 12.3. The van der Waals surface area contributed by atoms with Crippen LogP contribution in [0.3, 0.4) is 0 Å². The molecule has 0 radical (unpaired) electrons. The normalized spacial score (nSPS) is 12.4. The van der Waals surface area contributed by atoms with E-state index in [1.54, 1.807) is 34.1 Å². The molecule has 0 heterocycles. The number of nitriles is 1. The Bertz CT molecular complexity index is 581. The van der Waals surface area contributed by atoms with Gasteiger partial charge in [0.15, 0.2) is 6.54 Å². The number of rotatable bonds is 6. The molecule has 22 heavy (non-hydrogen) atoms. The van der Waals surface area contributed by atoms with Gasteiger partial charge < -0.3 is 14.5 Å². The van der Waals surface area contributed by atoms with Gasteiger partial charge in [0, 0.05) is 17.6 Å². The van der Waals surface area contributed by atoms with Crippen LogP contribution >= 0.6 is 11.6 Å². The molecule has 0 spiro atoms. The summed E-state index contributed by atoms with van der Waals surface area (Å²) in [5, 5.41) is 9.74. The van der Waals surface area contributed by atoms with Crippen LogP contribution < -0.4 is 9.64 Å². The van der Waals surface area contributed by atoms with Gasteiger partial charge in [0.05, 0.1) is 20.2 Å². The van der Waals surface area contributed by atoms with Crippen molar-refractivity contribution in [1.29, 1.82) is 5.26 Å². The van der Waals surface area contributed by atoms with Crippen molar-refractivity contribution in [2.75, 3.05) is 27.7 Å². The molecule has 0 aliphatic rings. The summed E-state index contributed by atoms with van der Waals surface area (Å²) in [6, 6.07) is 7.56. The molecule has 1 aromatic carbocycles. The van der Waals surface area contributed by atoms with Crippen LogP contribution in [0.25, 0.3) is 0 Å². The average Bonchev–Trinajstić information content (AvgIpc) is 2.46. The number of hydrogen-bond donors (Lipinski definition) is 1. The van der Waals surface area contributed by atoms with Crippen LogP contribution in [-0.4, -0.2) is 44.1 Å². The Morgan fingerprint density at radius 2 is 2.14 bits per heavy atom. The molecule has 6 heteroatoms. The van der Waals surface area contributed by atoms with Gasteiger partial charge in [-0.15, -0.1) is 0 Å². The first-order valence-corrected chi connectivity index (χ1v) is 7.40. The SMILES string of the molecule is COc1ccc(Cl)cc1C[NH+](C)CC(=O)N(C)C(C)(C)C#N. The number of likely N-dealkylation sites (N-methyl/N-ethyl adjacent to an activating group) is 2. The third-order valence-electron chi connectivity index (χ3n) is 3.67. The Hall–Kier alpha value is -1.77. The first-order chi connectivity index (χ1) is 10.2. The van der Waals surface area contributed by atoms with Crippen LogP contribution in [0, 0.1) is 11.3 Å². The zero-order chi connectivity index (χ0) is 16.9. The van der Waals surface area contributed by atoms with Crippen molar-refractivity contribution in [2.24, 2.45) is 0 Å². The topological polar surface area (TPSA) is 57.8 Å². The fourth-order valence-electron chi connectivity index (χ4n) is 2.04. The summed E-state index contributed by atoms with van der Waals surface area (Å²) in [6.45, 7) is 4.34. The molecular weight excluding hydrogens is 302 g/mol. The van der Waals surface area contributed by atoms with E-state index in [2.05, 4.69) is 6.07 Å². The van der Waals surface area contributed by atoms with Crippen molar-refractivity contribution in [3.63, 3.8) is 0 Å². The molecule has 0 aromatic heterocycles. The van der Waals surface area contributed by atoms with Gasteiger partial charge >= 0.3 is 0 Å². The van der Waals surface area contributed by atoms with E-state index in [1.807, 2.05) is 19.2 Å². The number of amides is 1. The van der Waals surface area contributed by atoms with E-state index < -0.39 is 5.54 Å². The lowest BCUT2D eigenvalue weighted by molar-refractivity contribution is -0.885. The number of ether oxygens (including phenoxy) is 1. The smallest absolute Gasteiger partial charge is 0.278 e. The van der Waals surface area contributed by atoms with E-state index in [1.165, 1.54) is 4.90 Å². The predicted molar refractivity (Wildman–Crippen MR) is 85.9 cm³/mol. The third kappa shape index (κ3) is 4.62. The van der Waals surface area contributed by atoms with E-state index >= 15 is 0 Å². The molecule has 1 N–H and O–H groups in total. The minimum Gasteiger partial charge on any atom is -0.496 e. The molecule has 0 aliphatic heterocycles. The highest BCUT2D eigenvalue weighted by Gasteiger charge is 2.29. The van der Waals surface area contributed by atoms with E-state index in [4.69, 9.17) is 21.6 Å². The zero-order valence-electron chi connectivity index (χ0n) is 13.7. The zero-order valence-corrected chi connectivity index (χ0v) is 14.5. The van der Waals surface area contributed by atoms with Crippen LogP contribution in [0.2, 0.25) is 5.02 Å². The van der Waals surface area contributed by atoms with E-state index in [-0.39, 0.29) is 12.5 Å². The quantitative estimate of drug-likeness (QED) is 0.853. The number of carbonyl (C=O) groups excluding carboxylic acids is 1. The number of nitrogens with one attached hydrogen (secondary N) is 1. The van der Waals surface area contributed by atoms with Crippen LogP contribution in [0.5, 0.6) is 5.75 Å². The van der Waals surface area contributed by atoms with Crippen molar-refractivity contribution >= 4 is 17.5 Å². The summed E-state index contributed by atoms with van der Waals surface area (Å²) in [7, 11) is 5.18. The van der Waals surface area contributed by atoms with Gasteiger partial charge in [-0.05, 0) is 32.0 Å². The number of benzene rings is 1. The first-order valence-electron chi connectivity index (χ1n) is 7.03. The number of hydrogen-bond acceptors (Lipinski definition) is 3. The molecule has 0 saturated heterocycles. The van der Waals surface area contributed by atoms with Gasteiger partial charge in [0.1, 0.15) is 17.8 Å². The van der Waals surface area contributed by atoms with E-state index in [0.717, 1.165) is 16.2 Å². The van der Waals surface area contributed by atoms with Gasteiger partial charge in [-0.1, -0.05) is 11.6 Å². The largest absolute Gasteiger partial charge is 0.496 e. The van der Waals surface area contributed by atoms with Crippen molar-refractivity contribution < 1.29 is 14.4 Å². The molecule has 1 aromatic rings. The lowest BCUT2D eigenvalue weighted by atomic mass is 10.1. The maximum Gasteiger partial charge on any atom is 0.278 e. The monoisotopic (exact) mass is 324 g/mol. The van der Waals surface area contributed by atoms with Gasteiger partial charge in [0.25, 0.3) is 5.91 Å². The first kappa shape index (κ1) is 18.3. The summed E-state index contributed by atoms with van der Waals surface area (Å²) in [4.78, 5) is 14.7. The van der Waals surface area contributed by atoms with Crippen molar-refractivity contribution in [1.82, 2.24) is 4.90 Å². The second-order valence-electron chi connectivity index (χ2n) is 5.89. The predicted octanol–water partition coefficient (Wildman–Crippen LogP) is 1.12. The lowest BCUT2D eigenvalue weighted by Crippen LogP contribution is -3.09. The fourth-order valence-corrected chi connectivity index (χ4v) is 2.23. The maximum atomic E-state index is 12.3. The summed E-state index contributed by atoms with van der Waals surface area (Å²) in [6.07, 6.45) is 0. The molecule has 0 saturated carbocycles. The highest BCUT2D eigenvalue weighted by Crippen LogP contribution is 2.21. The lowest BCUT2D eigenvalue weighted by Gasteiger charge is -2.29. The van der Waals surface area contributed by atoms with Crippen molar-refractivity contribution in [3.8, 4) is 11.8 Å². The molecule has 1 rings (SSSR count). The Kier molecular flexibility index (Phi) is 6.21. The number of halogens is 1. The minimum absolute atomic E-state index is 0.0787. The second-order valence-corrected chi connectivity index (χ2v) is 6.33. The molecule has 5 nitrogen and oxygen atoms in total. The molecular formula is C16H23ClN3O2+. The second kappa shape index (κ2) is 7.48. The molecule has 1 atom stereocenters. The summed E-state index contributed by atoms with van der Waals surface area (Å²) in [5.74, 6) is 0.673. The van der Waals surface area contributed by atoms with E-state index in [9.17, 15) is 4.79 Å². The molecule has 120 valence electrons. The Labute approximate surface area is 137 Å². The van der Waals surface area contributed by atoms with Crippen LogP contribution in [0.15, 0.2) is 18.2 Å². The Morgan fingerprint density at radius 3 is 2.68 bits per heavy atom. The standard InChI is InChI=1S/C16H22ClN3O2/c1-16(2,11-18)20(4)15(21)10-19(3)9-12-8-13(17)6-7-14(12)22-5/h6-8H,9-10H2,1-5H3/p+1. The number of quaternary nitrogens is 1. The third-order valence-corrected chi connectivity index (χ3v) is 3.91. The molecule has 1 amide bonds. The van der Waals surface area contributed by atoms with Crippen LogP contribution in [0.4, 0.5) is 0 Å². The van der Waals surface area contributed by atoms with Crippen LogP contribution in [-0.2, 0) is 11.3 Å². The summed E-state index contributed by atoms with van der Waals surface area (Å²) < 4.78 is 5.31. The van der Waals surface area contributed by atoms with Crippen LogP contribution in [0.1, 0.15) is 19.4 Å². The van der Waals surface area contributed by atoms with Gasteiger partial charge in [-0.25, -0.2) is 0 Å². The van der Waals surface area contributed by atoms with Crippen molar-refractivity contribution in [3.05, 3.63) is 28.8 Å². The Morgan fingerprint density at radius 1 is 1.50 bits per heavy atom. The highest BCUT2D eigenvalue weighted by atomic mass is 35.5. The number of methoxy groups -OCH3 is 1. The minimum atomic E-state index is -0.814. The van der Waals surface area contributed by atoms with Gasteiger partial charge in [0.2, 0.25) is 0 Å². The fraction of sp³-hybridized carbons (Fsp3) is 0.500. The summed E-state index contributed by atoms with van der Waals surface area (Å²) in [5.41, 5.74) is 0.132. The highest BCUT2D eigenvalue weighted by molar-refractivity contribution is 6.30. The summed E-state index contributed by atoms with van der Waals surface area (Å²) >= 11 is 6.02. The van der Waals surface area contributed by atoms with Gasteiger partial charge in [-0.3, -0.25) is 4.79 Å².